The van der Waals surface area contributed by atoms with Gasteiger partial charge >= 0.3 is 5.97 Å². The SMILES string of the molecule is O=C([O-])COC(=O)CO. The molecule has 0 aromatic rings. The number of carboxylic acid groups (broad SMARTS) is 1. The first kappa shape index (κ1) is 7.90. The lowest BCUT2D eigenvalue weighted by Gasteiger charge is -2.01. The minimum absolute atomic E-state index is 0.806. The van der Waals surface area contributed by atoms with E-state index in [1.807, 2.05) is 0 Å². The van der Waals surface area contributed by atoms with Crippen LogP contribution in [-0.2, 0) is 14.3 Å². The Morgan fingerprint density at radius 3 is 2.44 bits per heavy atom. The Bertz CT molecular complexity index is 118. The van der Waals surface area contributed by atoms with Gasteiger partial charge in [-0.2, -0.15) is 0 Å². The van der Waals surface area contributed by atoms with Crippen molar-refractivity contribution in [3.8, 4) is 0 Å². The van der Waals surface area contributed by atoms with Gasteiger partial charge < -0.3 is 19.7 Å². The van der Waals surface area contributed by atoms with Gasteiger partial charge in [0.15, 0.2) is 0 Å². The van der Waals surface area contributed by atoms with Gasteiger partial charge in [0, 0.05) is 0 Å². The molecule has 0 aliphatic rings. The summed E-state index contributed by atoms with van der Waals surface area (Å²) in [5.74, 6) is -2.46. The minimum atomic E-state index is -1.49. The summed E-state index contributed by atoms with van der Waals surface area (Å²) in [6, 6.07) is 0. The summed E-state index contributed by atoms with van der Waals surface area (Å²) >= 11 is 0. The van der Waals surface area contributed by atoms with Gasteiger partial charge in [0.2, 0.25) is 0 Å². The first-order valence-electron chi connectivity index (χ1n) is 2.13. The molecule has 0 rings (SSSR count). The van der Waals surface area contributed by atoms with E-state index in [9.17, 15) is 14.7 Å². The summed E-state index contributed by atoms with van der Waals surface area (Å²) in [5.41, 5.74) is 0. The Kier molecular flexibility index (Phi) is 3.38. The third kappa shape index (κ3) is 4.76. The Morgan fingerprint density at radius 1 is 1.56 bits per heavy atom. The molecule has 52 valence electrons. The van der Waals surface area contributed by atoms with Crippen LogP contribution in [0.5, 0.6) is 0 Å². The Labute approximate surface area is 50.9 Å². The van der Waals surface area contributed by atoms with E-state index in [0.717, 1.165) is 0 Å². The van der Waals surface area contributed by atoms with Gasteiger partial charge in [0.25, 0.3) is 0 Å². The highest BCUT2D eigenvalue weighted by molar-refractivity contribution is 5.74. The van der Waals surface area contributed by atoms with Crippen molar-refractivity contribution in [3.63, 3.8) is 0 Å². The molecule has 0 aliphatic heterocycles. The van der Waals surface area contributed by atoms with E-state index in [-0.39, 0.29) is 0 Å². The maximum Gasteiger partial charge on any atom is 0.332 e. The van der Waals surface area contributed by atoms with Crippen molar-refractivity contribution < 1.29 is 24.5 Å². The summed E-state index contributed by atoms with van der Waals surface area (Å²) in [6.07, 6.45) is 0. The normalized spacial score (nSPS) is 8.56. The number of carbonyl (C=O) groups is 2. The van der Waals surface area contributed by atoms with Crippen LogP contribution in [0.3, 0.4) is 0 Å². The van der Waals surface area contributed by atoms with E-state index < -0.39 is 25.2 Å². The molecule has 0 fully saturated rings. The lowest BCUT2D eigenvalue weighted by atomic mass is 10.7. The second-order valence-electron chi connectivity index (χ2n) is 1.19. The molecule has 0 aromatic carbocycles. The van der Waals surface area contributed by atoms with Gasteiger partial charge in [-0.25, -0.2) is 4.79 Å². The van der Waals surface area contributed by atoms with Crippen LogP contribution in [0.25, 0.3) is 0 Å². The summed E-state index contributed by atoms with van der Waals surface area (Å²) in [6.45, 7) is -1.62. The highest BCUT2D eigenvalue weighted by Crippen LogP contribution is 1.73. The third-order valence-electron chi connectivity index (χ3n) is 0.480. The molecule has 0 radical (unpaired) electrons. The van der Waals surface area contributed by atoms with Crippen LogP contribution in [0.15, 0.2) is 0 Å². The summed E-state index contributed by atoms with van der Waals surface area (Å²) < 4.78 is 3.90. The number of aliphatic carboxylic acids is 1. The van der Waals surface area contributed by atoms with Crippen LogP contribution in [-0.4, -0.2) is 30.3 Å². The molecule has 0 aliphatic carbocycles. The highest BCUT2D eigenvalue weighted by atomic mass is 16.6. The molecule has 0 spiro atoms. The number of aliphatic hydroxyl groups is 1. The predicted molar refractivity (Wildman–Crippen MR) is 23.1 cm³/mol. The molecular formula is C4H5O5-. The van der Waals surface area contributed by atoms with E-state index in [0.29, 0.717) is 0 Å². The Morgan fingerprint density at radius 2 is 2.11 bits per heavy atom. The number of rotatable bonds is 3. The number of hydrogen-bond donors (Lipinski definition) is 1. The molecule has 0 amide bonds. The van der Waals surface area contributed by atoms with Gasteiger partial charge in [-0.15, -0.1) is 0 Å². The van der Waals surface area contributed by atoms with Crippen molar-refractivity contribution in [1.29, 1.82) is 0 Å². The lowest BCUT2D eigenvalue weighted by molar-refractivity contribution is -0.308. The fraction of sp³-hybridized carbons (Fsp3) is 0.500. The molecule has 1 N–H and O–H groups in total. The summed E-state index contributed by atoms with van der Waals surface area (Å²) in [7, 11) is 0. The minimum Gasteiger partial charge on any atom is -0.546 e. The second-order valence-corrected chi connectivity index (χ2v) is 1.19. The topological polar surface area (TPSA) is 86.7 Å². The number of carbonyl (C=O) groups excluding carboxylic acids is 2. The molecule has 0 saturated heterocycles. The average Bonchev–Trinajstić information content (AvgIpc) is 1.83. The number of esters is 1. The van der Waals surface area contributed by atoms with E-state index in [2.05, 4.69) is 4.74 Å². The molecule has 5 heteroatoms. The number of aliphatic hydroxyl groups excluding tert-OH is 1. The standard InChI is InChI=1S/C4H6O5/c5-1-4(8)9-2-3(6)7/h5H,1-2H2,(H,6,7)/p-1. The highest BCUT2D eigenvalue weighted by Gasteiger charge is 1.96. The Hall–Kier alpha value is -1.10. The van der Waals surface area contributed by atoms with Crippen molar-refractivity contribution >= 4 is 11.9 Å². The van der Waals surface area contributed by atoms with Gasteiger partial charge in [0.05, 0.1) is 5.97 Å². The Balaban J connectivity index is 3.28. The van der Waals surface area contributed by atoms with Gasteiger partial charge in [-0.1, -0.05) is 0 Å². The van der Waals surface area contributed by atoms with E-state index in [1.165, 1.54) is 0 Å². The van der Waals surface area contributed by atoms with Gasteiger partial charge in [-0.3, -0.25) is 0 Å². The zero-order valence-corrected chi connectivity index (χ0v) is 4.49. The fourth-order valence-electron chi connectivity index (χ4n) is 0.185. The first-order valence-corrected chi connectivity index (χ1v) is 2.13. The molecule has 0 saturated carbocycles. The van der Waals surface area contributed by atoms with Gasteiger partial charge in [-0.05, 0) is 0 Å². The predicted octanol–water partition coefficient (Wildman–Crippen LogP) is -2.73. The summed E-state index contributed by atoms with van der Waals surface area (Å²) in [5, 5.41) is 17.5. The largest absolute Gasteiger partial charge is 0.546 e. The quantitative estimate of drug-likeness (QED) is 0.422. The molecule has 0 aromatic heterocycles. The first-order chi connectivity index (χ1) is 4.16. The van der Waals surface area contributed by atoms with Crippen LogP contribution in [0.4, 0.5) is 0 Å². The molecule has 0 unspecified atom stereocenters. The van der Waals surface area contributed by atoms with Crippen molar-refractivity contribution in [2.24, 2.45) is 0 Å². The average molecular weight is 133 g/mol. The fourth-order valence-corrected chi connectivity index (χ4v) is 0.185. The van der Waals surface area contributed by atoms with E-state index in [4.69, 9.17) is 5.11 Å². The molecule has 5 nitrogen and oxygen atoms in total. The maximum absolute atomic E-state index is 9.95. The maximum atomic E-state index is 9.95. The van der Waals surface area contributed by atoms with Crippen molar-refractivity contribution in [1.82, 2.24) is 0 Å². The molecule has 0 heterocycles. The smallest absolute Gasteiger partial charge is 0.332 e. The van der Waals surface area contributed by atoms with Crippen molar-refractivity contribution in [3.05, 3.63) is 0 Å². The second kappa shape index (κ2) is 3.85. The van der Waals surface area contributed by atoms with Crippen LogP contribution >= 0.6 is 0 Å². The van der Waals surface area contributed by atoms with Crippen molar-refractivity contribution in [2.45, 2.75) is 0 Å². The van der Waals surface area contributed by atoms with E-state index >= 15 is 0 Å². The van der Waals surface area contributed by atoms with E-state index in [1.54, 1.807) is 0 Å². The molecule has 9 heavy (non-hydrogen) atoms. The number of carboxylic acids is 1. The zero-order chi connectivity index (χ0) is 7.28. The van der Waals surface area contributed by atoms with Crippen molar-refractivity contribution in [2.75, 3.05) is 13.2 Å². The summed E-state index contributed by atoms with van der Waals surface area (Å²) in [4.78, 5) is 19.5. The lowest BCUT2D eigenvalue weighted by Crippen LogP contribution is -2.29. The van der Waals surface area contributed by atoms with Crippen LogP contribution < -0.4 is 5.11 Å². The van der Waals surface area contributed by atoms with Crippen LogP contribution in [0, 0.1) is 0 Å². The molecular weight excluding hydrogens is 128 g/mol. The number of hydrogen-bond acceptors (Lipinski definition) is 5. The third-order valence-corrected chi connectivity index (χ3v) is 0.480. The van der Waals surface area contributed by atoms with Gasteiger partial charge in [0.1, 0.15) is 13.2 Å². The molecule has 0 atom stereocenters. The monoisotopic (exact) mass is 133 g/mol. The van der Waals surface area contributed by atoms with Crippen LogP contribution in [0.1, 0.15) is 0 Å². The zero-order valence-electron chi connectivity index (χ0n) is 4.49. The van der Waals surface area contributed by atoms with Crippen LogP contribution in [0.2, 0.25) is 0 Å². The number of ether oxygens (including phenoxy) is 1. The molecule has 0 bridgehead atoms.